The number of hydrogen-bond donors (Lipinski definition) is 2. The van der Waals surface area contributed by atoms with E-state index in [-0.39, 0.29) is 12.1 Å². The molecule has 0 saturated heterocycles. The summed E-state index contributed by atoms with van der Waals surface area (Å²) in [7, 11) is 0. The Morgan fingerprint density at radius 2 is 2.11 bits per heavy atom. The second-order valence-electron chi connectivity index (χ2n) is 3.82. The van der Waals surface area contributed by atoms with Crippen molar-refractivity contribution < 1.29 is 23.1 Å². The summed E-state index contributed by atoms with van der Waals surface area (Å²) in [5.41, 5.74) is -0.680. The molecule has 0 aliphatic carbocycles. The van der Waals surface area contributed by atoms with Gasteiger partial charge in [0.1, 0.15) is 0 Å². The van der Waals surface area contributed by atoms with Crippen molar-refractivity contribution in [2.45, 2.75) is 19.0 Å². The molecule has 6 heteroatoms. The zero-order valence-corrected chi connectivity index (χ0v) is 9.79. The minimum atomic E-state index is -4.46. The molecule has 0 saturated carbocycles. The molecule has 18 heavy (non-hydrogen) atoms. The van der Waals surface area contributed by atoms with Crippen molar-refractivity contribution in [3.05, 3.63) is 35.4 Å². The Hall–Kier alpha value is -1.56. The first-order chi connectivity index (χ1) is 8.36. The smallest absolute Gasteiger partial charge is 0.416 e. The van der Waals surface area contributed by atoms with Gasteiger partial charge in [-0.1, -0.05) is 25.1 Å². The molecule has 0 spiro atoms. The molecule has 0 heterocycles. The molecule has 1 aromatic carbocycles. The van der Waals surface area contributed by atoms with Gasteiger partial charge in [0.15, 0.2) is 0 Å². The van der Waals surface area contributed by atoms with Gasteiger partial charge < -0.3 is 10.4 Å². The van der Waals surface area contributed by atoms with E-state index in [0.717, 1.165) is 12.1 Å². The quantitative estimate of drug-likeness (QED) is 0.856. The van der Waals surface area contributed by atoms with Crippen LogP contribution in [0.4, 0.5) is 13.2 Å². The summed E-state index contributed by atoms with van der Waals surface area (Å²) >= 11 is 0. The molecule has 0 amide bonds. The predicted molar refractivity (Wildman–Crippen MR) is 60.4 cm³/mol. The largest absolute Gasteiger partial charge is 0.481 e. The lowest BCUT2D eigenvalue weighted by Gasteiger charge is -2.15. The summed E-state index contributed by atoms with van der Waals surface area (Å²) in [6.07, 6.45) is -4.46. The van der Waals surface area contributed by atoms with Gasteiger partial charge in [-0.05, 0) is 18.2 Å². The summed E-state index contributed by atoms with van der Waals surface area (Å²) in [5.74, 6) is -2.12. The highest BCUT2D eigenvalue weighted by molar-refractivity contribution is 5.76. The lowest BCUT2D eigenvalue weighted by atomic mass is 9.97. The fraction of sp³-hybridized carbons (Fsp3) is 0.417. The first kappa shape index (κ1) is 14.5. The molecule has 2 N–H and O–H groups in total. The molecule has 0 aromatic heterocycles. The number of aliphatic carboxylic acids is 1. The zero-order valence-electron chi connectivity index (χ0n) is 9.79. The molecule has 100 valence electrons. The second-order valence-corrected chi connectivity index (χ2v) is 3.82. The summed E-state index contributed by atoms with van der Waals surface area (Å²) in [4.78, 5) is 11.0. The van der Waals surface area contributed by atoms with Gasteiger partial charge in [0.25, 0.3) is 0 Å². The Morgan fingerprint density at radius 3 is 2.61 bits per heavy atom. The number of carboxylic acids is 1. The Balaban J connectivity index is 3.02. The Morgan fingerprint density at radius 1 is 1.44 bits per heavy atom. The van der Waals surface area contributed by atoms with Crippen LogP contribution in [0, 0.1) is 0 Å². The van der Waals surface area contributed by atoms with E-state index in [2.05, 4.69) is 5.32 Å². The van der Waals surface area contributed by atoms with Crippen LogP contribution in [0.2, 0.25) is 0 Å². The number of likely N-dealkylation sites (N-methyl/N-ethyl adjacent to an activating group) is 1. The molecule has 0 aliphatic heterocycles. The van der Waals surface area contributed by atoms with Gasteiger partial charge >= 0.3 is 12.1 Å². The number of halogens is 3. The maximum Gasteiger partial charge on any atom is 0.416 e. The number of benzene rings is 1. The molecule has 1 atom stereocenters. The normalized spacial score (nSPS) is 13.3. The zero-order chi connectivity index (χ0) is 13.8. The van der Waals surface area contributed by atoms with E-state index in [1.54, 1.807) is 6.92 Å². The van der Waals surface area contributed by atoms with Crippen LogP contribution in [0.25, 0.3) is 0 Å². The van der Waals surface area contributed by atoms with Crippen molar-refractivity contribution in [2.24, 2.45) is 0 Å². The van der Waals surface area contributed by atoms with Crippen LogP contribution in [0.3, 0.4) is 0 Å². The summed E-state index contributed by atoms with van der Waals surface area (Å²) in [5, 5.41) is 11.9. The van der Waals surface area contributed by atoms with Gasteiger partial charge in [-0.2, -0.15) is 13.2 Å². The number of carboxylic acid groups (broad SMARTS) is 1. The van der Waals surface area contributed by atoms with Crippen molar-refractivity contribution >= 4 is 5.97 Å². The molecule has 0 radical (unpaired) electrons. The maximum atomic E-state index is 12.5. The number of hydrogen-bond acceptors (Lipinski definition) is 2. The van der Waals surface area contributed by atoms with E-state index in [1.807, 2.05) is 0 Å². The predicted octanol–water partition coefficient (Wildman–Crippen LogP) is 2.48. The minimum absolute atomic E-state index is 0.104. The molecular formula is C12H14F3NO2. The summed E-state index contributed by atoms with van der Waals surface area (Å²) in [6, 6.07) is 4.43. The van der Waals surface area contributed by atoms with Gasteiger partial charge in [-0.15, -0.1) is 0 Å². The Kier molecular flexibility index (Phi) is 4.72. The van der Waals surface area contributed by atoms with Crippen LogP contribution in [0.1, 0.15) is 24.0 Å². The highest BCUT2D eigenvalue weighted by atomic mass is 19.4. The Bertz CT molecular complexity index is 418. The molecule has 0 bridgehead atoms. The lowest BCUT2D eigenvalue weighted by molar-refractivity contribution is -0.140. The third-order valence-corrected chi connectivity index (χ3v) is 2.51. The third-order valence-electron chi connectivity index (χ3n) is 2.51. The average molecular weight is 261 g/mol. The van der Waals surface area contributed by atoms with Crippen LogP contribution in [0.15, 0.2) is 24.3 Å². The fourth-order valence-electron chi connectivity index (χ4n) is 1.57. The van der Waals surface area contributed by atoms with Crippen LogP contribution in [-0.2, 0) is 11.0 Å². The van der Waals surface area contributed by atoms with Crippen molar-refractivity contribution in [3.63, 3.8) is 0 Å². The van der Waals surface area contributed by atoms with Crippen LogP contribution in [0.5, 0.6) is 0 Å². The highest BCUT2D eigenvalue weighted by Crippen LogP contribution is 2.31. The van der Waals surface area contributed by atoms with E-state index in [1.165, 1.54) is 12.1 Å². The minimum Gasteiger partial charge on any atom is -0.481 e. The van der Waals surface area contributed by atoms with Crippen LogP contribution >= 0.6 is 0 Å². The van der Waals surface area contributed by atoms with E-state index in [4.69, 9.17) is 5.11 Å². The Labute approximate surface area is 103 Å². The van der Waals surface area contributed by atoms with Crippen molar-refractivity contribution in [1.82, 2.24) is 5.32 Å². The monoisotopic (exact) mass is 261 g/mol. The fourth-order valence-corrected chi connectivity index (χ4v) is 1.57. The van der Waals surface area contributed by atoms with Crippen LogP contribution < -0.4 is 5.32 Å². The molecule has 3 nitrogen and oxygen atoms in total. The van der Waals surface area contributed by atoms with Crippen molar-refractivity contribution in [3.8, 4) is 0 Å². The van der Waals surface area contributed by atoms with E-state index >= 15 is 0 Å². The van der Waals surface area contributed by atoms with Crippen molar-refractivity contribution in [2.75, 3.05) is 13.1 Å². The molecule has 1 rings (SSSR count). The molecule has 0 aliphatic rings. The SMILES string of the molecule is CCNCC(C(=O)O)c1cccc(C(F)(F)F)c1. The number of carbonyl (C=O) groups is 1. The van der Waals surface area contributed by atoms with E-state index in [9.17, 15) is 18.0 Å². The standard InChI is InChI=1S/C12H14F3NO2/c1-2-16-7-10(11(17)18)8-4-3-5-9(6-8)12(13,14)15/h3-6,10,16H,2,7H2,1H3,(H,17,18). The number of nitrogens with one attached hydrogen (secondary N) is 1. The van der Waals surface area contributed by atoms with Gasteiger partial charge in [-0.25, -0.2) is 0 Å². The molecule has 1 unspecified atom stereocenters. The first-order valence-electron chi connectivity index (χ1n) is 5.47. The van der Waals surface area contributed by atoms with Gasteiger partial charge in [0.05, 0.1) is 11.5 Å². The maximum absolute atomic E-state index is 12.5. The number of alkyl halides is 3. The third kappa shape index (κ3) is 3.73. The molecule has 1 aromatic rings. The second kappa shape index (κ2) is 5.86. The van der Waals surface area contributed by atoms with Gasteiger partial charge in [0.2, 0.25) is 0 Å². The molecule has 0 fully saturated rings. The summed E-state index contributed by atoms with van der Waals surface area (Å²) in [6.45, 7) is 2.46. The summed E-state index contributed by atoms with van der Waals surface area (Å²) < 4.78 is 37.6. The molecular weight excluding hydrogens is 247 g/mol. The lowest BCUT2D eigenvalue weighted by Crippen LogP contribution is -2.26. The average Bonchev–Trinajstić information content (AvgIpc) is 2.28. The van der Waals surface area contributed by atoms with Gasteiger partial charge in [0, 0.05) is 6.54 Å². The van der Waals surface area contributed by atoms with Crippen LogP contribution in [-0.4, -0.2) is 24.2 Å². The first-order valence-corrected chi connectivity index (χ1v) is 5.47. The number of rotatable bonds is 5. The highest BCUT2D eigenvalue weighted by Gasteiger charge is 2.31. The topological polar surface area (TPSA) is 49.3 Å². The van der Waals surface area contributed by atoms with E-state index in [0.29, 0.717) is 6.54 Å². The van der Waals surface area contributed by atoms with Gasteiger partial charge in [-0.3, -0.25) is 4.79 Å². The van der Waals surface area contributed by atoms with Crippen molar-refractivity contribution in [1.29, 1.82) is 0 Å². The van der Waals surface area contributed by atoms with E-state index < -0.39 is 23.6 Å².